The Balaban J connectivity index is 2.25. The summed E-state index contributed by atoms with van der Waals surface area (Å²) >= 11 is 6.03. The fourth-order valence-electron chi connectivity index (χ4n) is 1.93. The largest absolute Gasteiger partial charge is 0.476 e. The van der Waals surface area contributed by atoms with E-state index in [0.29, 0.717) is 21.9 Å². The summed E-state index contributed by atoms with van der Waals surface area (Å²) in [7, 11) is 0. The predicted molar refractivity (Wildman–Crippen MR) is 71.4 cm³/mol. The van der Waals surface area contributed by atoms with Crippen molar-refractivity contribution in [3.05, 3.63) is 53.3 Å². The normalized spacial score (nSPS) is 10.8. The van der Waals surface area contributed by atoms with E-state index in [0.717, 1.165) is 5.39 Å². The van der Waals surface area contributed by atoms with Gasteiger partial charge in [0.15, 0.2) is 11.3 Å². The number of hydrogen-bond donors (Lipinski definition) is 1. The van der Waals surface area contributed by atoms with E-state index < -0.39 is 5.97 Å². The number of pyridine rings is 1. The van der Waals surface area contributed by atoms with Gasteiger partial charge in [0, 0.05) is 11.6 Å². The highest BCUT2D eigenvalue weighted by Gasteiger charge is 2.16. The van der Waals surface area contributed by atoms with E-state index in [1.807, 2.05) is 12.1 Å². The topological polar surface area (TPSA) is 63.3 Å². The molecule has 0 unspecified atom stereocenters. The minimum absolute atomic E-state index is 0.0438. The van der Waals surface area contributed by atoms with Crippen LogP contribution < -0.4 is 0 Å². The smallest absolute Gasteiger partial charge is 0.355 e. The van der Waals surface area contributed by atoms with Crippen LogP contribution in [0.15, 0.2) is 47.0 Å². The number of hydrogen-bond acceptors (Lipinski definition) is 3. The average molecular weight is 274 g/mol. The van der Waals surface area contributed by atoms with Crippen LogP contribution in [0.4, 0.5) is 0 Å². The molecule has 0 saturated heterocycles. The van der Waals surface area contributed by atoms with E-state index in [2.05, 4.69) is 4.98 Å². The number of benzene rings is 1. The molecule has 3 rings (SSSR count). The highest BCUT2D eigenvalue weighted by molar-refractivity contribution is 6.34. The maximum Gasteiger partial charge on any atom is 0.355 e. The van der Waals surface area contributed by atoms with Gasteiger partial charge in [-0.15, -0.1) is 0 Å². The van der Waals surface area contributed by atoms with Crippen molar-refractivity contribution in [2.24, 2.45) is 0 Å². The number of carbonyl (C=O) groups is 1. The molecule has 0 spiro atoms. The van der Waals surface area contributed by atoms with Crippen LogP contribution in [0.3, 0.4) is 0 Å². The number of para-hydroxylation sites is 1. The van der Waals surface area contributed by atoms with Gasteiger partial charge in [-0.1, -0.05) is 23.7 Å². The molecular weight excluding hydrogens is 266 g/mol. The molecule has 0 aliphatic rings. The summed E-state index contributed by atoms with van der Waals surface area (Å²) in [4.78, 5) is 15.0. The minimum Gasteiger partial charge on any atom is -0.476 e. The lowest BCUT2D eigenvalue weighted by atomic mass is 10.1. The molecule has 0 aliphatic carbocycles. The lowest BCUT2D eigenvalue weighted by Crippen LogP contribution is -2.01. The fraction of sp³-hybridized carbons (Fsp3) is 0. The Morgan fingerprint density at radius 3 is 2.84 bits per heavy atom. The molecule has 3 aromatic rings. The molecule has 0 saturated carbocycles. The quantitative estimate of drug-likeness (QED) is 0.770. The summed E-state index contributed by atoms with van der Waals surface area (Å²) in [5, 5.41) is 10.4. The number of aromatic nitrogens is 1. The van der Waals surface area contributed by atoms with Crippen LogP contribution in [0.1, 0.15) is 10.5 Å². The van der Waals surface area contributed by atoms with Gasteiger partial charge in [-0.3, -0.25) is 0 Å². The van der Waals surface area contributed by atoms with Crippen LogP contribution in [-0.4, -0.2) is 16.1 Å². The first-order chi connectivity index (χ1) is 9.16. The minimum atomic E-state index is -1.10. The Morgan fingerprint density at radius 1 is 1.26 bits per heavy atom. The van der Waals surface area contributed by atoms with Gasteiger partial charge in [0.1, 0.15) is 5.76 Å². The third-order valence-electron chi connectivity index (χ3n) is 2.77. The number of fused-ring (bicyclic) bond motifs is 1. The van der Waals surface area contributed by atoms with E-state index in [-0.39, 0.29) is 5.69 Å². The summed E-state index contributed by atoms with van der Waals surface area (Å²) in [5.41, 5.74) is 0.930. The van der Waals surface area contributed by atoms with Crippen molar-refractivity contribution >= 4 is 28.5 Å². The number of carboxylic acids is 1. The molecule has 0 amide bonds. The van der Waals surface area contributed by atoms with Crippen molar-refractivity contribution in [1.29, 1.82) is 0 Å². The van der Waals surface area contributed by atoms with Crippen LogP contribution in [-0.2, 0) is 0 Å². The van der Waals surface area contributed by atoms with Crippen LogP contribution in [0, 0.1) is 0 Å². The molecule has 1 aromatic carbocycles. The molecule has 5 heteroatoms. The van der Waals surface area contributed by atoms with Crippen molar-refractivity contribution in [3.63, 3.8) is 0 Å². The van der Waals surface area contributed by atoms with Crippen molar-refractivity contribution < 1.29 is 14.3 Å². The molecule has 0 bridgehead atoms. The molecule has 0 radical (unpaired) electrons. The van der Waals surface area contributed by atoms with Gasteiger partial charge in [-0.05, 0) is 24.3 Å². The second kappa shape index (κ2) is 4.40. The first-order valence-electron chi connectivity index (χ1n) is 5.53. The summed E-state index contributed by atoms with van der Waals surface area (Å²) in [6, 6.07) is 10.5. The Morgan fingerprint density at radius 2 is 2.11 bits per heavy atom. The fourth-order valence-corrected chi connectivity index (χ4v) is 2.16. The molecule has 4 nitrogen and oxygen atoms in total. The monoisotopic (exact) mass is 273 g/mol. The van der Waals surface area contributed by atoms with Gasteiger partial charge in [0.25, 0.3) is 0 Å². The van der Waals surface area contributed by atoms with Crippen LogP contribution >= 0.6 is 11.6 Å². The molecule has 0 aliphatic heterocycles. The highest BCUT2D eigenvalue weighted by Crippen LogP contribution is 2.32. The molecule has 94 valence electrons. The molecular formula is C14H8ClNO3. The third kappa shape index (κ3) is 1.96. The second-order valence-electron chi connectivity index (χ2n) is 3.97. The lowest BCUT2D eigenvalue weighted by Gasteiger charge is -2.00. The van der Waals surface area contributed by atoms with E-state index in [1.54, 1.807) is 24.3 Å². The van der Waals surface area contributed by atoms with E-state index in [1.165, 1.54) is 6.20 Å². The van der Waals surface area contributed by atoms with Crippen molar-refractivity contribution in [2.75, 3.05) is 0 Å². The van der Waals surface area contributed by atoms with Crippen LogP contribution in [0.2, 0.25) is 5.02 Å². The predicted octanol–water partition coefficient (Wildman–Crippen LogP) is 3.85. The number of carboxylic acid groups (broad SMARTS) is 1. The zero-order valence-corrected chi connectivity index (χ0v) is 10.4. The SMILES string of the molecule is O=C(O)c1ncccc1-c1cc2cccc(Cl)c2o1. The molecule has 19 heavy (non-hydrogen) atoms. The number of rotatable bonds is 2. The van der Waals surface area contributed by atoms with Crippen molar-refractivity contribution in [3.8, 4) is 11.3 Å². The average Bonchev–Trinajstić information content (AvgIpc) is 2.84. The number of nitrogens with zero attached hydrogens (tertiary/aromatic N) is 1. The van der Waals surface area contributed by atoms with Gasteiger partial charge >= 0.3 is 5.97 Å². The Bertz CT molecular complexity index is 779. The number of furan rings is 1. The molecule has 2 aromatic heterocycles. The van der Waals surface area contributed by atoms with E-state index in [4.69, 9.17) is 21.1 Å². The number of aromatic carboxylic acids is 1. The number of halogens is 1. The molecule has 1 N–H and O–H groups in total. The molecule has 0 atom stereocenters. The summed E-state index contributed by atoms with van der Waals surface area (Å²) in [5.74, 6) is -0.657. The van der Waals surface area contributed by atoms with Crippen molar-refractivity contribution in [1.82, 2.24) is 4.98 Å². The molecule has 0 fully saturated rings. The summed E-state index contributed by atoms with van der Waals surface area (Å²) in [6.45, 7) is 0. The van der Waals surface area contributed by atoms with Gasteiger partial charge in [0.05, 0.1) is 10.6 Å². The maximum absolute atomic E-state index is 11.1. The first-order valence-corrected chi connectivity index (χ1v) is 5.91. The maximum atomic E-state index is 11.1. The zero-order chi connectivity index (χ0) is 13.4. The summed E-state index contributed by atoms with van der Waals surface area (Å²) < 4.78 is 5.64. The van der Waals surface area contributed by atoms with Crippen LogP contribution in [0.25, 0.3) is 22.3 Å². The Labute approximate surface area is 113 Å². The zero-order valence-electron chi connectivity index (χ0n) is 9.63. The lowest BCUT2D eigenvalue weighted by molar-refractivity contribution is 0.0691. The molecule has 2 heterocycles. The standard InChI is InChI=1S/C14H8ClNO3/c15-10-5-1-3-8-7-11(19-13(8)10)9-4-2-6-16-12(9)14(17)18/h1-7H,(H,17,18). The van der Waals surface area contributed by atoms with Crippen molar-refractivity contribution in [2.45, 2.75) is 0 Å². The Hall–Kier alpha value is -2.33. The third-order valence-corrected chi connectivity index (χ3v) is 3.07. The van der Waals surface area contributed by atoms with Gasteiger partial charge in [-0.25, -0.2) is 9.78 Å². The second-order valence-corrected chi connectivity index (χ2v) is 4.38. The van der Waals surface area contributed by atoms with Gasteiger partial charge in [-0.2, -0.15) is 0 Å². The summed E-state index contributed by atoms with van der Waals surface area (Å²) in [6.07, 6.45) is 1.43. The first kappa shape index (κ1) is 11.7. The van der Waals surface area contributed by atoms with E-state index in [9.17, 15) is 4.79 Å². The highest BCUT2D eigenvalue weighted by atomic mass is 35.5. The van der Waals surface area contributed by atoms with Gasteiger partial charge in [0.2, 0.25) is 0 Å². The Kier molecular flexibility index (Phi) is 2.72. The van der Waals surface area contributed by atoms with Crippen LogP contribution in [0.5, 0.6) is 0 Å². The van der Waals surface area contributed by atoms with Gasteiger partial charge < -0.3 is 9.52 Å². The van der Waals surface area contributed by atoms with E-state index >= 15 is 0 Å².